The highest BCUT2D eigenvalue weighted by molar-refractivity contribution is 7.98. The van der Waals surface area contributed by atoms with E-state index in [1.807, 2.05) is 0 Å². The van der Waals surface area contributed by atoms with Crippen LogP contribution in [0, 0.1) is 0 Å². The Morgan fingerprint density at radius 2 is 1.55 bits per heavy atom. The molecule has 0 fully saturated rings. The van der Waals surface area contributed by atoms with Crippen molar-refractivity contribution in [2.75, 3.05) is 10.2 Å². The number of hydrogen-bond acceptors (Lipinski definition) is 6. The van der Waals surface area contributed by atoms with Gasteiger partial charge in [-0.3, -0.25) is 0 Å². The Morgan fingerprint density at radius 1 is 0.862 bits per heavy atom. The Bertz CT molecular complexity index is 942. The summed E-state index contributed by atoms with van der Waals surface area (Å²) in [7, 11) is 0. The lowest BCUT2D eigenvalue weighted by Gasteiger charge is -2.31. The third-order valence-corrected chi connectivity index (χ3v) is 5.50. The summed E-state index contributed by atoms with van der Waals surface area (Å²) in [6.07, 6.45) is 0. The lowest BCUT2D eigenvalue weighted by atomic mass is 10.1. The standard InChI is InChI=1S/C23H31N5S/c1-15(2)24-21-25-22(28(16(3)4)17(5)6)27-23(26-21)29-14-19-12-9-11-18-10-7-8-13-20(18)19/h7-13,15-17H,14H2,1-6H3,(H,24,25,26,27). The van der Waals surface area contributed by atoms with Crippen LogP contribution in [0.15, 0.2) is 47.6 Å². The fourth-order valence-electron chi connectivity index (χ4n) is 3.47. The first-order valence-electron chi connectivity index (χ1n) is 10.3. The van der Waals surface area contributed by atoms with Crippen molar-refractivity contribution in [3.63, 3.8) is 0 Å². The van der Waals surface area contributed by atoms with Gasteiger partial charge in [0, 0.05) is 23.9 Å². The summed E-state index contributed by atoms with van der Waals surface area (Å²) in [4.78, 5) is 16.4. The molecule has 0 atom stereocenters. The molecule has 0 radical (unpaired) electrons. The summed E-state index contributed by atoms with van der Waals surface area (Å²) in [6.45, 7) is 12.9. The predicted molar refractivity (Wildman–Crippen MR) is 125 cm³/mol. The van der Waals surface area contributed by atoms with Crippen LogP contribution >= 0.6 is 11.8 Å². The van der Waals surface area contributed by atoms with Crippen molar-refractivity contribution in [1.82, 2.24) is 15.0 Å². The summed E-state index contributed by atoms with van der Waals surface area (Å²) >= 11 is 1.66. The van der Waals surface area contributed by atoms with Crippen molar-refractivity contribution in [1.29, 1.82) is 0 Å². The van der Waals surface area contributed by atoms with Gasteiger partial charge in [-0.15, -0.1) is 0 Å². The molecule has 3 rings (SSSR count). The average molecular weight is 410 g/mol. The zero-order valence-corrected chi connectivity index (χ0v) is 19.0. The van der Waals surface area contributed by atoms with E-state index in [1.54, 1.807) is 11.8 Å². The van der Waals surface area contributed by atoms with Crippen LogP contribution in [0.1, 0.15) is 47.1 Å². The van der Waals surface area contributed by atoms with Gasteiger partial charge in [0.05, 0.1) is 0 Å². The van der Waals surface area contributed by atoms with Crippen LogP contribution in [0.3, 0.4) is 0 Å². The number of thioether (sulfide) groups is 1. The quantitative estimate of drug-likeness (QED) is 0.477. The zero-order valence-electron chi connectivity index (χ0n) is 18.2. The summed E-state index contributed by atoms with van der Waals surface area (Å²) in [5.74, 6) is 2.18. The van der Waals surface area contributed by atoms with Crippen LogP contribution < -0.4 is 10.2 Å². The Balaban J connectivity index is 1.92. The van der Waals surface area contributed by atoms with Crippen molar-refractivity contribution < 1.29 is 0 Å². The fourth-order valence-corrected chi connectivity index (χ4v) is 4.30. The minimum absolute atomic E-state index is 0.257. The van der Waals surface area contributed by atoms with E-state index < -0.39 is 0 Å². The first-order chi connectivity index (χ1) is 13.8. The second-order valence-corrected chi connectivity index (χ2v) is 9.00. The average Bonchev–Trinajstić information content (AvgIpc) is 2.65. The second kappa shape index (κ2) is 9.44. The van der Waals surface area contributed by atoms with Crippen molar-refractivity contribution in [3.05, 3.63) is 48.0 Å². The molecule has 0 saturated heterocycles. The van der Waals surface area contributed by atoms with Crippen molar-refractivity contribution in [2.24, 2.45) is 0 Å². The van der Waals surface area contributed by atoms with Gasteiger partial charge in [0.15, 0.2) is 5.16 Å². The highest BCUT2D eigenvalue weighted by Gasteiger charge is 2.20. The van der Waals surface area contributed by atoms with Gasteiger partial charge in [-0.1, -0.05) is 54.2 Å². The highest BCUT2D eigenvalue weighted by Crippen LogP contribution is 2.28. The Morgan fingerprint density at radius 3 is 2.24 bits per heavy atom. The van der Waals surface area contributed by atoms with Crippen molar-refractivity contribution in [3.8, 4) is 0 Å². The second-order valence-electron chi connectivity index (χ2n) is 8.06. The van der Waals surface area contributed by atoms with E-state index >= 15 is 0 Å². The highest BCUT2D eigenvalue weighted by atomic mass is 32.2. The molecule has 6 heteroatoms. The van der Waals surface area contributed by atoms with Gasteiger partial charge in [0.25, 0.3) is 0 Å². The first kappa shape index (κ1) is 21.4. The first-order valence-corrected chi connectivity index (χ1v) is 11.2. The maximum atomic E-state index is 4.81. The van der Waals surface area contributed by atoms with Crippen LogP contribution in [-0.2, 0) is 5.75 Å². The largest absolute Gasteiger partial charge is 0.352 e. The normalized spacial score (nSPS) is 11.6. The molecule has 3 aromatic rings. The lowest BCUT2D eigenvalue weighted by Crippen LogP contribution is -2.38. The molecular formula is C23H31N5S. The molecule has 5 nitrogen and oxygen atoms in total. The van der Waals surface area contributed by atoms with E-state index in [1.165, 1.54) is 16.3 Å². The SMILES string of the molecule is CC(C)Nc1nc(SCc2cccc3ccccc23)nc(N(C(C)C)C(C)C)n1. The molecule has 0 aliphatic carbocycles. The van der Waals surface area contributed by atoms with Crippen LogP contribution in [0.25, 0.3) is 10.8 Å². The van der Waals surface area contributed by atoms with Crippen LogP contribution in [0.4, 0.5) is 11.9 Å². The minimum atomic E-state index is 0.257. The molecular weight excluding hydrogens is 378 g/mol. The number of benzene rings is 2. The number of nitrogens with zero attached hydrogens (tertiary/aromatic N) is 4. The summed E-state index contributed by atoms with van der Waals surface area (Å²) in [5, 5.41) is 6.63. The predicted octanol–water partition coefficient (Wildman–Crippen LogP) is 5.76. The third-order valence-electron chi connectivity index (χ3n) is 4.60. The maximum Gasteiger partial charge on any atom is 0.231 e. The van der Waals surface area contributed by atoms with Gasteiger partial charge >= 0.3 is 0 Å². The van der Waals surface area contributed by atoms with Gasteiger partial charge in [-0.05, 0) is 57.9 Å². The van der Waals surface area contributed by atoms with Gasteiger partial charge in [-0.25, -0.2) is 0 Å². The molecule has 0 aliphatic rings. The molecule has 0 amide bonds. The summed E-state index contributed by atoms with van der Waals surface area (Å²) < 4.78 is 0. The fraction of sp³-hybridized carbons (Fsp3) is 0.435. The summed E-state index contributed by atoms with van der Waals surface area (Å²) in [5.41, 5.74) is 1.29. The molecule has 0 spiro atoms. The number of anilines is 2. The molecule has 29 heavy (non-hydrogen) atoms. The molecule has 0 unspecified atom stereocenters. The van der Waals surface area contributed by atoms with Gasteiger partial charge in [0.1, 0.15) is 0 Å². The van der Waals surface area contributed by atoms with Crippen molar-refractivity contribution in [2.45, 2.75) is 70.6 Å². The number of aromatic nitrogens is 3. The van der Waals surface area contributed by atoms with Crippen LogP contribution in [0.2, 0.25) is 0 Å². The van der Waals surface area contributed by atoms with E-state index in [9.17, 15) is 0 Å². The molecule has 0 saturated carbocycles. The van der Waals surface area contributed by atoms with Crippen LogP contribution in [0.5, 0.6) is 0 Å². The van der Waals surface area contributed by atoms with Gasteiger partial charge < -0.3 is 10.2 Å². The molecule has 154 valence electrons. The zero-order chi connectivity index (χ0) is 21.0. The number of nitrogens with one attached hydrogen (secondary N) is 1. The molecule has 1 heterocycles. The summed E-state index contributed by atoms with van der Waals surface area (Å²) in [6, 6.07) is 15.8. The number of fused-ring (bicyclic) bond motifs is 1. The molecule has 1 N–H and O–H groups in total. The van der Waals surface area contributed by atoms with Gasteiger partial charge in [0.2, 0.25) is 11.9 Å². The molecule has 0 bridgehead atoms. The van der Waals surface area contributed by atoms with E-state index in [-0.39, 0.29) is 6.04 Å². The number of rotatable bonds is 8. The maximum absolute atomic E-state index is 4.81. The minimum Gasteiger partial charge on any atom is -0.352 e. The molecule has 0 aliphatic heterocycles. The monoisotopic (exact) mass is 409 g/mol. The smallest absolute Gasteiger partial charge is 0.231 e. The van der Waals surface area contributed by atoms with Crippen molar-refractivity contribution >= 4 is 34.4 Å². The Labute approximate surface area is 178 Å². The van der Waals surface area contributed by atoms with E-state index in [0.29, 0.717) is 18.0 Å². The topological polar surface area (TPSA) is 53.9 Å². The van der Waals surface area contributed by atoms with E-state index in [4.69, 9.17) is 9.97 Å². The van der Waals surface area contributed by atoms with E-state index in [2.05, 4.69) is 99.2 Å². The molecule has 1 aromatic heterocycles. The Kier molecular flexibility index (Phi) is 6.96. The van der Waals surface area contributed by atoms with Crippen LogP contribution in [-0.4, -0.2) is 33.1 Å². The van der Waals surface area contributed by atoms with Gasteiger partial charge in [-0.2, -0.15) is 15.0 Å². The third kappa shape index (κ3) is 5.38. The number of hydrogen-bond donors (Lipinski definition) is 1. The van der Waals surface area contributed by atoms with E-state index in [0.717, 1.165) is 16.9 Å². The molecule has 2 aromatic carbocycles. The Hall–Kier alpha value is -2.34. The lowest BCUT2D eigenvalue weighted by molar-refractivity contribution is 0.585.